The Bertz CT molecular complexity index is 927. The van der Waals surface area contributed by atoms with Crippen LogP contribution in [0, 0.1) is 0 Å². The number of carbonyl (C=O) groups excluding carboxylic acids is 1. The van der Waals surface area contributed by atoms with Crippen LogP contribution in [0.3, 0.4) is 0 Å². The fourth-order valence-electron chi connectivity index (χ4n) is 3.30. The van der Waals surface area contributed by atoms with Crippen molar-refractivity contribution in [3.05, 3.63) is 60.8 Å². The number of fused-ring (bicyclic) bond motifs is 1. The van der Waals surface area contributed by atoms with E-state index in [0.717, 1.165) is 48.5 Å². The van der Waals surface area contributed by atoms with Gasteiger partial charge in [-0.15, -0.1) is 0 Å². The molecule has 1 aliphatic heterocycles. The second-order valence-corrected chi connectivity index (χ2v) is 6.80. The first-order chi connectivity index (χ1) is 13.2. The van der Waals surface area contributed by atoms with Gasteiger partial charge in [-0.05, 0) is 30.6 Å². The first-order valence-electron chi connectivity index (χ1n) is 9.14. The average Bonchev–Trinajstić information content (AvgIpc) is 2.69. The van der Waals surface area contributed by atoms with E-state index >= 15 is 0 Å². The number of amides is 2. The molecule has 2 heterocycles. The molecule has 2 amide bonds. The lowest BCUT2D eigenvalue weighted by molar-refractivity contribution is 0.262. The molecular weight excluding hydrogens is 338 g/mol. The quantitative estimate of drug-likeness (QED) is 0.748. The Morgan fingerprint density at radius 3 is 2.48 bits per heavy atom. The van der Waals surface area contributed by atoms with Crippen molar-refractivity contribution in [1.29, 1.82) is 0 Å². The van der Waals surface area contributed by atoms with Gasteiger partial charge in [-0.25, -0.2) is 9.78 Å². The number of likely N-dealkylation sites (N-methyl/N-ethyl adjacent to an activating group) is 1. The summed E-state index contributed by atoms with van der Waals surface area (Å²) >= 11 is 0. The Morgan fingerprint density at radius 2 is 1.70 bits per heavy atom. The summed E-state index contributed by atoms with van der Waals surface area (Å²) in [5.41, 5.74) is 1.46. The minimum atomic E-state index is -0.277. The lowest BCUT2D eigenvalue weighted by Crippen LogP contribution is -2.44. The molecule has 6 heteroatoms. The van der Waals surface area contributed by atoms with E-state index in [2.05, 4.69) is 32.5 Å². The monoisotopic (exact) mass is 361 g/mol. The molecule has 1 aromatic heterocycles. The summed E-state index contributed by atoms with van der Waals surface area (Å²) in [6.45, 7) is 4.01. The second-order valence-electron chi connectivity index (χ2n) is 6.80. The lowest BCUT2D eigenvalue weighted by atomic mass is 10.1. The van der Waals surface area contributed by atoms with E-state index in [4.69, 9.17) is 0 Å². The SMILES string of the molecule is CN1CCN(c2ccc(NC(=O)Nc3cccc4ccccc34)cn2)CC1. The van der Waals surface area contributed by atoms with Crippen LogP contribution in [0.1, 0.15) is 0 Å². The van der Waals surface area contributed by atoms with Crippen molar-refractivity contribution in [2.45, 2.75) is 0 Å². The Labute approximate surface area is 158 Å². The van der Waals surface area contributed by atoms with E-state index in [0.29, 0.717) is 5.69 Å². The Balaban J connectivity index is 1.41. The van der Waals surface area contributed by atoms with Crippen LogP contribution in [0.25, 0.3) is 10.8 Å². The molecule has 1 aliphatic rings. The molecule has 0 radical (unpaired) electrons. The molecule has 27 heavy (non-hydrogen) atoms. The van der Waals surface area contributed by atoms with Crippen molar-refractivity contribution in [1.82, 2.24) is 9.88 Å². The highest BCUT2D eigenvalue weighted by molar-refractivity contribution is 6.06. The van der Waals surface area contributed by atoms with Crippen LogP contribution in [-0.2, 0) is 0 Å². The predicted octanol–water partition coefficient (Wildman–Crippen LogP) is 3.63. The van der Waals surface area contributed by atoms with E-state index in [1.807, 2.05) is 54.6 Å². The summed E-state index contributed by atoms with van der Waals surface area (Å²) in [5.74, 6) is 0.947. The maximum atomic E-state index is 12.4. The smallest absolute Gasteiger partial charge is 0.323 e. The van der Waals surface area contributed by atoms with Gasteiger partial charge in [0.15, 0.2) is 0 Å². The van der Waals surface area contributed by atoms with Crippen LogP contribution < -0.4 is 15.5 Å². The molecule has 1 fully saturated rings. The molecular formula is C21H23N5O. The highest BCUT2D eigenvalue weighted by Crippen LogP contribution is 2.23. The first kappa shape index (κ1) is 17.3. The number of pyridine rings is 1. The summed E-state index contributed by atoms with van der Waals surface area (Å²) in [6.07, 6.45) is 1.70. The topological polar surface area (TPSA) is 60.5 Å². The van der Waals surface area contributed by atoms with Gasteiger partial charge in [0.05, 0.1) is 17.6 Å². The molecule has 0 atom stereocenters. The van der Waals surface area contributed by atoms with Gasteiger partial charge in [0.2, 0.25) is 0 Å². The number of hydrogen-bond donors (Lipinski definition) is 2. The normalized spacial score (nSPS) is 14.9. The molecule has 0 unspecified atom stereocenters. The van der Waals surface area contributed by atoms with Crippen molar-refractivity contribution in [3.63, 3.8) is 0 Å². The van der Waals surface area contributed by atoms with Crippen molar-refractivity contribution in [2.75, 3.05) is 48.8 Å². The Kier molecular flexibility index (Phi) is 4.89. The molecule has 138 valence electrons. The number of aromatic nitrogens is 1. The van der Waals surface area contributed by atoms with E-state index in [1.165, 1.54) is 0 Å². The van der Waals surface area contributed by atoms with Gasteiger partial charge in [0.1, 0.15) is 5.82 Å². The number of benzene rings is 2. The summed E-state index contributed by atoms with van der Waals surface area (Å²) in [7, 11) is 2.13. The zero-order chi connectivity index (χ0) is 18.6. The Morgan fingerprint density at radius 1 is 0.926 bits per heavy atom. The molecule has 0 aliphatic carbocycles. The van der Waals surface area contributed by atoms with Crippen LogP contribution in [0.2, 0.25) is 0 Å². The maximum Gasteiger partial charge on any atom is 0.323 e. The van der Waals surface area contributed by atoms with Gasteiger partial charge in [-0.1, -0.05) is 36.4 Å². The predicted molar refractivity (Wildman–Crippen MR) is 111 cm³/mol. The molecule has 0 bridgehead atoms. The number of urea groups is 1. The lowest BCUT2D eigenvalue weighted by Gasteiger charge is -2.33. The van der Waals surface area contributed by atoms with Gasteiger partial charge >= 0.3 is 6.03 Å². The van der Waals surface area contributed by atoms with Crippen molar-refractivity contribution in [3.8, 4) is 0 Å². The van der Waals surface area contributed by atoms with Crippen LogP contribution in [0.15, 0.2) is 60.8 Å². The fraction of sp³-hybridized carbons (Fsp3) is 0.238. The minimum Gasteiger partial charge on any atom is -0.354 e. The fourth-order valence-corrected chi connectivity index (χ4v) is 3.30. The zero-order valence-corrected chi connectivity index (χ0v) is 15.4. The minimum absolute atomic E-state index is 0.277. The number of hydrogen-bond acceptors (Lipinski definition) is 4. The van der Waals surface area contributed by atoms with E-state index < -0.39 is 0 Å². The summed E-state index contributed by atoms with van der Waals surface area (Å²) in [5, 5.41) is 7.88. The van der Waals surface area contributed by atoms with Crippen LogP contribution in [0.4, 0.5) is 22.0 Å². The number of rotatable bonds is 3. The molecule has 6 nitrogen and oxygen atoms in total. The molecule has 1 saturated heterocycles. The third-order valence-corrected chi connectivity index (χ3v) is 4.87. The zero-order valence-electron chi connectivity index (χ0n) is 15.4. The summed E-state index contributed by atoms with van der Waals surface area (Å²) < 4.78 is 0. The second kappa shape index (κ2) is 7.63. The molecule has 2 aromatic carbocycles. The number of piperazine rings is 1. The van der Waals surface area contributed by atoms with Gasteiger partial charge in [0, 0.05) is 31.6 Å². The van der Waals surface area contributed by atoms with Gasteiger partial charge in [-0.2, -0.15) is 0 Å². The third-order valence-electron chi connectivity index (χ3n) is 4.87. The van der Waals surface area contributed by atoms with Crippen LogP contribution >= 0.6 is 0 Å². The average molecular weight is 361 g/mol. The van der Waals surface area contributed by atoms with Crippen molar-refractivity contribution < 1.29 is 4.79 Å². The molecule has 4 rings (SSSR count). The van der Waals surface area contributed by atoms with Crippen molar-refractivity contribution >= 4 is 34.0 Å². The first-order valence-corrected chi connectivity index (χ1v) is 9.14. The molecule has 0 saturated carbocycles. The van der Waals surface area contributed by atoms with Crippen LogP contribution in [-0.4, -0.2) is 49.1 Å². The molecule has 0 spiro atoms. The number of nitrogens with one attached hydrogen (secondary N) is 2. The van der Waals surface area contributed by atoms with E-state index in [-0.39, 0.29) is 6.03 Å². The number of carbonyl (C=O) groups is 1. The number of nitrogens with zero attached hydrogens (tertiary/aromatic N) is 3. The largest absolute Gasteiger partial charge is 0.354 e. The van der Waals surface area contributed by atoms with Gasteiger partial charge in [0.25, 0.3) is 0 Å². The van der Waals surface area contributed by atoms with Gasteiger partial charge < -0.3 is 20.4 Å². The van der Waals surface area contributed by atoms with Crippen molar-refractivity contribution in [2.24, 2.45) is 0 Å². The van der Waals surface area contributed by atoms with E-state index in [1.54, 1.807) is 6.20 Å². The third kappa shape index (κ3) is 4.01. The standard InChI is InChI=1S/C21H23N5O/c1-25-11-13-26(14-12-25)20-10-9-17(15-22-20)23-21(27)24-19-8-4-6-16-5-2-3-7-18(16)19/h2-10,15H,11-14H2,1H3,(H2,23,24,27). The summed E-state index contributed by atoms with van der Waals surface area (Å²) in [6, 6.07) is 17.4. The summed E-state index contributed by atoms with van der Waals surface area (Å²) in [4.78, 5) is 21.5. The number of anilines is 3. The molecule has 2 N–H and O–H groups in total. The van der Waals surface area contributed by atoms with E-state index in [9.17, 15) is 4.79 Å². The highest BCUT2D eigenvalue weighted by atomic mass is 16.2. The molecule has 3 aromatic rings. The Hall–Kier alpha value is -3.12. The van der Waals surface area contributed by atoms with Crippen LogP contribution in [0.5, 0.6) is 0 Å². The maximum absolute atomic E-state index is 12.4. The highest BCUT2D eigenvalue weighted by Gasteiger charge is 2.15. The van der Waals surface area contributed by atoms with Gasteiger partial charge in [-0.3, -0.25) is 0 Å².